The zero-order chi connectivity index (χ0) is 14.1. The maximum absolute atomic E-state index is 4.14. The Bertz CT molecular complexity index is 746. The first-order chi connectivity index (χ1) is 10.4. The van der Waals surface area contributed by atoms with Crippen molar-refractivity contribution in [3.63, 3.8) is 0 Å². The van der Waals surface area contributed by atoms with E-state index in [0.29, 0.717) is 0 Å². The van der Waals surface area contributed by atoms with E-state index in [4.69, 9.17) is 0 Å². The lowest BCUT2D eigenvalue weighted by molar-refractivity contribution is 0.874. The Morgan fingerprint density at radius 2 is 1.48 bits per heavy atom. The van der Waals surface area contributed by atoms with Gasteiger partial charge in [0.05, 0.1) is 11.7 Å². The largest absolute Gasteiger partial charge is 0.300 e. The molecule has 0 saturated heterocycles. The minimum Gasteiger partial charge on any atom is -0.300 e. The molecule has 3 aromatic rings. The number of fused-ring (bicyclic) bond motifs is 1. The highest BCUT2D eigenvalue weighted by atomic mass is 32.2. The molecule has 0 aliphatic carbocycles. The van der Waals surface area contributed by atoms with Crippen LogP contribution in [0.2, 0.25) is 0 Å². The molecule has 102 valence electrons. The Morgan fingerprint density at radius 1 is 0.810 bits per heavy atom. The molecule has 0 spiro atoms. The molecular weight excluding hydrogens is 278 g/mol. The van der Waals surface area contributed by atoms with Crippen LogP contribution in [0.4, 0.5) is 5.69 Å². The van der Waals surface area contributed by atoms with Crippen molar-refractivity contribution in [2.75, 3.05) is 4.31 Å². The summed E-state index contributed by atoms with van der Waals surface area (Å²) in [5.41, 5.74) is 3.75. The molecule has 4 heteroatoms. The molecule has 2 aromatic heterocycles. The standard InChI is InChI=1S/C17H13N3S/c1-2-4-16-15(3-1)17(13-5-9-18-10-6-13)20(21-16)14-7-11-19-12-8-14/h1-12,17H. The zero-order valence-electron chi connectivity index (χ0n) is 11.3. The van der Waals surface area contributed by atoms with Crippen LogP contribution < -0.4 is 4.31 Å². The van der Waals surface area contributed by atoms with Gasteiger partial charge in [0.2, 0.25) is 0 Å². The Hall–Kier alpha value is -2.33. The van der Waals surface area contributed by atoms with Crippen LogP contribution in [-0.4, -0.2) is 9.97 Å². The third-order valence-electron chi connectivity index (χ3n) is 3.58. The van der Waals surface area contributed by atoms with Gasteiger partial charge in [0.25, 0.3) is 0 Å². The van der Waals surface area contributed by atoms with Crippen LogP contribution in [0.25, 0.3) is 0 Å². The molecule has 4 rings (SSSR count). The van der Waals surface area contributed by atoms with Gasteiger partial charge in [-0.1, -0.05) is 18.2 Å². The van der Waals surface area contributed by atoms with Crippen molar-refractivity contribution in [2.24, 2.45) is 0 Å². The van der Waals surface area contributed by atoms with Crippen molar-refractivity contribution in [1.29, 1.82) is 0 Å². The Labute approximate surface area is 127 Å². The van der Waals surface area contributed by atoms with Gasteiger partial charge in [-0.25, -0.2) is 0 Å². The third-order valence-corrected chi connectivity index (χ3v) is 4.77. The van der Waals surface area contributed by atoms with E-state index in [1.807, 2.05) is 36.9 Å². The molecule has 0 saturated carbocycles. The van der Waals surface area contributed by atoms with Crippen LogP contribution in [0, 0.1) is 0 Å². The van der Waals surface area contributed by atoms with E-state index >= 15 is 0 Å². The number of hydrogen-bond acceptors (Lipinski definition) is 4. The SMILES string of the molecule is c1ccc2c(c1)SN(c1ccncc1)C2c1ccncc1. The number of hydrogen-bond donors (Lipinski definition) is 0. The maximum atomic E-state index is 4.14. The molecule has 1 unspecified atom stereocenters. The minimum absolute atomic E-state index is 0.205. The fraction of sp³-hybridized carbons (Fsp3) is 0.0588. The van der Waals surface area contributed by atoms with Gasteiger partial charge in [-0.15, -0.1) is 0 Å². The van der Waals surface area contributed by atoms with Gasteiger partial charge < -0.3 is 4.31 Å². The Balaban J connectivity index is 1.85. The molecule has 3 nitrogen and oxygen atoms in total. The van der Waals surface area contributed by atoms with Gasteiger partial charge in [0, 0.05) is 29.7 Å². The van der Waals surface area contributed by atoms with Crippen LogP contribution in [0.1, 0.15) is 17.2 Å². The molecule has 3 heterocycles. The second-order valence-corrected chi connectivity index (χ2v) is 5.86. The van der Waals surface area contributed by atoms with Crippen molar-refractivity contribution in [3.8, 4) is 0 Å². The number of aromatic nitrogens is 2. The normalized spacial score (nSPS) is 16.8. The van der Waals surface area contributed by atoms with E-state index in [1.165, 1.54) is 16.0 Å². The van der Waals surface area contributed by atoms with E-state index in [2.05, 4.69) is 50.7 Å². The number of benzene rings is 1. The smallest absolute Gasteiger partial charge is 0.0921 e. The predicted molar refractivity (Wildman–Crippen MR) is 85.1 cm³/mol. The predicted octanol–water partition coefficient (Wildman–Crippen LogP) is 4.09. The van der Waals surface area contributed by atoms with E-state index in [-0.39, 0.29) is 6.04 Å². The van der Waals surface area contributed by atoms with Crippen LogP contribution in [0.15, 0.2) is 78.2 Å². The topological polar surface area (TPSA) is 29.0 Å². The van der Waals surface area contributed by atoms with E-state index in [0.717, 1.165) is 5.69 Å². The van der Waals surface area contributed by atoms with E-state index in [9.17, 15) is 0 Å². The number of rotatable bonds is 2. The monoisotopic (exact) mass is 291 g/mol. The number of anilines is 1. The lowest BCUT2D eigenvalue weighted by atomic mass is 9.99. The number of nitrogens with zero attached hydrogens (tertiary/aromatic N) is 3. The highest BCUT2D eigenvalue weighted by molar-refractivity contribution is 8.01. The second kappa shape index (κ2) is 5.22. The molecule has 1 aliphatic heterocycles. The molecule has 1 aromatic carbocycles. The fourth-order valence-corrected chi connectivity index (χ4v) is 3.83. The first kappa shape index (κ1) is 12.4. The molecule has 0 N–H and O–H groups in total. The summed E-state index contributed by atoms with van der Waals surface area (Å²) in [6, 6.07) is 17.0. The fourth-order valence-electron chi connectivity index (χ4n) is 2.63. The summed E-state index contributed by atoms with van der Waals surface area (Å²) in [4.78, 5) is 9.55. The van der Waals surface area contributed by atoms with Crippen LogP contribution >= 0.6 is 11.9 Å². The van der Waals surface area contributed by atoms with Gasteiger partial charge >= 0.3 is 0 Å². The third kappa shape index (κ3) is 2.17. The first-order valence-corrected chi connectivity index (χ1v) is 7.57. The molecule has 21 heavy (non-hydrogen) atoms. The van der Waals surface area contributed by atoms with Crippen molar-refractivity contribution in [3.05, 3.63) is 84.4 Å². The average Bonchev–Trinajstić information content (AvgIpc) is 2.96. The van der Waals surface area contributed by atoms with Gasteiger partial charge in [-0.2, -0.15) is 0 Å². The Kier molecular flexibility index (Phi) is 3.09. The summed E-state index contributed by atoms with van der Waals surface area (Å²) in [5, 5.41) is 0. The second-order valence-electron chi connectivity index (χ2n) is 4.84. The van der Waals surface area contributed by atoms with Crippen LogP contribution in [-0.2, 0) is 0 Å². The summed E-state index contributed by atoms with van der Waals surface area (Å²) in [6.07, 6.45) is 7.38. The highest BCUT2D eigenvalue weighted by Crippen LogP contribution is 2.49. The highest BCUT2D eigenvalue weighted by Gasteiger charge is 2.32. The molecule has 0 amide bonds. The quantitative estimate of drug-likeness (QED) is 0.665. The Morgan fingerprint density at radius 3 is 2.24 bits per heavy atom. The maximum Gasteiger partial charge on any atom is 0.0921 e. The van der Waals surface area contributed by atoms with Crippen molar-refractivity contribution >= 4 is 17.6 Å². The zero-order valence-corrected chi connectivity index (χ0v) is 12.1. The molecule has 1 aliphatic rings. The van der Waals surface area contributed by atoms with Gasteiger partial charge in [0.1, 0.15) is 0 Å². The molecule has 0 fully saturated rings. The van der Waals surface area contributed by atoms with Gasteiger partial charge in [-0.3, -0.25) is 9.97 Å². The van der Waals surface area contributed by atoms with Crippen molar-refractivity contribution in [2.45, 2.75) is 10.9 Å². The number of pyridine rings is 2. The lowest BCUT2D eigenvalue weighted by Crippen LogP contribution is -2.17. The van der Waals surface area contributed by atoms with Gasteiger partial charge in [0.15, 0.2) is 0 Å². The molecule has 0 radical (unpaired) electrons. The molecule has 1 atom stereocenters. The minimum atomic E-state index is 0.205. The molecular formula is C17H13N3S. The van der Waals surface area contributed by atoms with Gasteiger partial charge in [-0.05, 0) is 53.4 Å². The van der Waals surface area contributed by atoms with Crippen LogP contribution in [0.5, 0.6) is 0 Å². The first-order valence-electron chi connectivity index (χ1n) is 6.79. The van der Waals surface area contributed by atoms with Crippen molar-refractivity contribution < 1.29 is 0 Å². The summed E-state index contributed by atoms with van der Waals surface area (Å²) in [5.74, 6) is 0. The van der Waals surface area contributed by atoms with Crippen molar-refractivity contribution in [1.82, 2.24) is 9.97 Å². The summed E-state index contributed by atoms with van der Waals surface area (Å²) in [6.45, 7) is 0. The van der Waals surface area contributed by atoms with E-state index in [1.54, 1.807) is 11.9 Å². The summed E-state index contributed by atoms with van der Waals surface area (Å²) < 4.78 is 2.34. The molecule has 0 bridgehead atoms. The van der Waals surface area contributed by atoms with Crippen LogP contribution in [0.3, 0.4) is 0 Å². The summed E-state index contributed by atoms with van der Waals surface area (Å²) in [7, 11) is 0. The lowest BCUT2D eigenvalue weighted by Gasteiger charge is -2.25. The summed E-state index contributed by atoms with van der Waals surface area (Å²) >= 11 is 1.78. The van der Waals surface area contributed by atoms with E-state index < -0.39 is 0 Å². The average molecular weight is 291 g/mol.